The van der Waals surface area contributed by atoms with Crippen molar-refractivity contribution in [3.8, 4) is 5.75 Å². The van der Waals surface area contributed by atoms with Crippen LogP contribution < -0.4 is 10.3 Å². The molecule has 3 nitrogen and oxygen atoms in total. The van der Waals surface area contributed by atoms with Crippen molar-refractivity contribution in [2.75, 3.05) is 7.11 Å². The van der Waals surface area contributed by atoms with Crippen molar-refractivity contribution in [1.29, 1.82) is 0 Å². The number of aryl methyl sites for hydroxylation is 1. The number of H-pyrrole nitrogens is 1. The topological polar surface area (TPSA) is 42.1 Å². The summed E-state index contributed by atoms with van der Waals surface area (Å²) in [6.07, 6.45) is 0. The van der Waals surface area contributed by atoms with E-state index in [1.54, 1.807) is 13.2 Å². The van der Waals surface area contributed by atoms with Crippen LogP contribution in [0.1, 0.15) is 19.4 Å². The van der Waals surface area contributed by atoms with E-state index in [1.165, 1.54) is 6.07 Å². The van der Waals surface area contributed by atoms with Crippen molar-refractivity contribution in [3.05, 3.63) is 40.2 Å². The van der Waals surface area contributed by atoms with Crippen molar-refractivity contribution in [2.24, 2.45) is 0 Å². The fraction of sp³-hybridized carbons (Fsp3) is 0.308. The van der Waals surface area contributed by atoms with Gasteiger partial charge in [0.2, 0.25) is 5.56 Å². The Hall–Kier alpha value is -1.77. The van der Waals surface area contributed by atoms with Gasteiger partial charge in [0.15, 0.2) is 0 Å². The zero-order chi connectivity index (χ0) is 12.1. The number of fused-ring (bicyclic) bond motifs is 1. The Morgan fingerprint density at radius 2 is 1.88 bits per heavy atom. The van der Waals surface area contributed by atoms with Crippen LogP contribution in [0.25, 0.3) is 10.9 Å². The lowest BCUT2D eigenvalue weighted by Gasteiger charge is -2.05. The second-order valence-electron chi connectivity index (χ2n) is 3.23. The smallest absolute Gasteiger partial charge is 0.248 e. The van der Waals surface area contributed by atoms with Crippen molar-refractivity contribution in [1.82, 2.24) is 4.98 Å². The highest BCUT2D eigenvalue weighted by Crippen LogP contribution is 2.22. The summed E-state index contributed by atoms with van der Waals surface area (Å²) in [7, 11) is 1.64. The first-order chi connectivity index (χ1) is 7.70. The van der Waals surface area contributed by atoms with Gasteiger partial charge in [0, 0.05) is 17.0 Å². The van der Waals surface area contributed by atoms with E-state index in [2.05, 4.69) is 4.98 Å². The lowest BCUT2D eigenvalue weighted by atomic mass is 10.1. The summed E-state index contributed by atoms with van der Waals surface area (Å²) in [6, 6.07) is 7.13. The second kappa shape index (κ2) is 5.35. The number of methoxy groups -OCH3 is 1. The number of aromatic nitrogens is 1. The molecule has 0 aliphatic heterocycles. The summed E-state index contributed by atoms with van der Waals surface area (Å²) in [4.78, 5) is 13.8. The zero-order valence-corrected chi connectivity index (χ0v) is 10.1. The van der Waals surface area contributed by atoms with Gasteiger partial charge < -0.3 is 9.72 Å². The van der Waals surface area contributed by atoms with Gasteiger partial charge in [0.1, 0.15) is 5.75 Å². The minimum Gasteiger partial charge on any atom is -0.496 e. The molecule has 1 aromatic carbocycles. The Kier molecular flexibility index (Phi) is 4.11. The van der Waals surface area contributed by atoms with Crippen molar-refractivity contribution < 1.29 is 4.74 Å². The van der Waals surface area contributed by atoms with Gasteiger partial charge >= 0.3 is 0 Å². The van der Waals surface area contributed by atoms with Crippen molar-refractivity contribution >= 4 is 10.9 Å². The van der Waals surface area contributed by atoms with Gasteiger partial charge in [0.25, 0.3) is 0 Å². The zero-order valence-electron chi connectivity index (χ0n) is 10.1. The fourth-order valence-corrected chi connectivity index (χ4v) is 1.51. The molecule has 3 heteroatoms. The molecular weight excluding hydrogens is 202 g/mol. The van der Waals surface area contributed by atoms with E-state index < -0.39 is 0 Å². The summed E-state index contributed by atoms with van der Waals surface area (Å²) in [5.41, 5.74) is 1.78. The van der Waals surface area contributed by atoms with E-state index in [0.717, 1.165) is 22.2 Å². The van der Waals surface area contributed by atoms with Crippen molar-refractivity contribution in [2.45, 2.75) is 20.8 Å². The Bertz CT molecular complexity index is 529. The predicted octanol–water partition coefficient (Wildman–Crippen LogP) is 2.87. The molecule has 0 unspecified atom stereocenters. The Balaban J connectivity index is 0.000000606. The Labute approximate surface area is 95.1 Å². The molecular formula is C13H17NO2. The first kappa shape index (κ1) is 12.3. The molecule has 0 bridgehead atoms. The summed E-state index contributed by atoms with van der Waals surface area (Å²) < 4.78 is 5.19. The first-order valence-corrected chi connectivity index (χ1v) is 5.38. The molecule has 1 aromatic heterocycles. The number of hydrogen-bond acceptors (Lipinski definition) is 2. The molecule has 0 amide bonds. The first-order valence-electron chi connectivity index (χ1n) is 5.38. The minimum absolute atomic E-state index is 0.0814. The van der Waals surface area contributed by atoms with Gasteiger partial charge in [-0.3, -0.25) is 4.79 Å². The monoisotopic (exact) mass is 219 g/mol. The van der Waals surface area contributed by atoms with Gasteiger partial charge in [0.05, 0.1) is 7.11 Å². The number of rotatable bonds is 1. The molecule has 2 aromatic rings. The Morgan fingerprint density at radius 3 is 2.50 bits per heavy atom. The quantitative estimate of drug-likeness (QED) is 0.801. The largest absolute Gasteiger partial charge is 0.496 e. The molecule has 1 N–H and O–H groups in total. The van der Waals surface area contributed by atoms with Gasteiger partial charge in [-0.15, -0.1) is 0 Å². The lowest BCUT2D eigenvalue weighted by Crippen LogP contribution is -2.02. The summed E-state index contributed by atoms with van der Waals surface area (Å²) >= 11 is 0. The molecule has 0 spiro atoms. The summed E-state index contributed by atoms with van der Waals surface area (Å²) in [5, 5.41) is 0.979. The van der Waals surface area contributed by atoms with E-state index in [0.29, 0.717) is 0 Å². The molecule has 0 fully saturated rings. The molecule has 1 heterocycles. The normalized spacial score (nSPS) is 9.50. The average molecular weight is 219 g/mol. The molecule has 2 rings (SSSR count). The molecule has 16 heavy (non-hydrogen) atoms. The van der Waals surface area contributed by atoms with Crippen LogP contribution in [0, 0.1) is 6.92 Å². The van der Waals surface area contributed by atoms with E-state index in [4.69, 9.17) is 4.74 Å². The van der Waals surface area contributed by atoms with E-state index in [1.807, 2.05) is 32.9 Å². The Morgan fingerprint density at radius 1 is 1.19 bits per heavy atom. The fourth-order valence-electron chi connectivity index (χ4n) is 1.51. The SMILES string of the molecule is CC.COc1cc2ccc(=O)[nH]c2cc1C. The molecule has 0 aliphatic rings. The number of benzene rings is 1. The van der Waals surface area contributed by atoms with Crippen LogP contribution in [-0.4, -0.2) is 12.1 Å². The summed E-state index contributed by atoms with van der Waals surface area (Å²) in [6.45, 7) is 5.95. The van der Waals surface area contributed by atoms with E-state index in [-0.39, 0.29) is 5.56 Å². The van der Waals surface area contributed by atoms with Crippen molar-refractivity contribution in [3.63, 3.8) is 0 Å². The van der Waals surface area contributed by atoms with Crippen LogP contribution in [0.4, 0.5) is 0 Å². The number of aromatic amines is 1. The molecule has 0 saturated heterocycles. The minimum atomic E-state index is -0.0814. The third kappa shape index (κ3) is 2.42. The highest BCUT2D eigenvalue weighted by atomic mass is 16.5. The highest BCUT2D eigenvalue weighted by Gasteiger charge is 2.01. The van der Waals surface area contributed by atoms with Gasteiger partial charge in [-0.2, -0.15) is 0 Å². The van der Waals surface area contributed by atoms with Gasteiger partial charge in [-0.1, -0.05) is 13.8 Å². The maximum absolute atomic E-state index is 11.1. The standard InChI is InChI=1S/C11H11NO2.C2H6/c1-7-5-9-8(6-10(7)14-2)3-4-11(13)12-9;1-2/h3-6H,1-2H3,(H,12,13);1-2H3. The van der Waals surface area contributed by atoms with E-state index >= 15 is 0 Å². The lowest BCUT2D eigenvalue weighted by molar-refractivity contribution is 0.412. The van der Waals surface area contributed by atoms with Gasteiger partial charge in [-0.05, 0) is 30.7 Å². The molecule has 0 atom stereocenters. The number of hydrogen-bond donors (Lipinski definition) is 1. The summed E-state index contributed by atoms with van der Waals surface area (Å²) in [5.74, 6) is 0.838. The van der Waals surface area contributed by atoms with Crippen LogP contribution in [0.15, 0.2) is 29.1 Å². The third-order valence-corrected chi connectivity index (χ3v) is 2.24. The number of pyridine rings is 1. The maximum Gasteiger partial charge on any atom is 0.248 e. The molecule has 0 saturated carbocycles. The third-order valence-electron chi connectivity index (χ3n) is 2.24. The molecule has 0 aliphatic carbocycles. The molecule has 0 radical (unpaired) electrons. The molecule has 86 valence electrons. The van der Waals surface area contributed by atoms with Crippen LogP contribution >= 0.6 is 0 Å². The van der Waals surface area contributed by atoms with Gasteiger partial charge in [-0.25, -0.2) is 0 Å². The maximum atomic E-state index is 11.1. The number of ether oxygens (including phenoxy) is 1. The van der Waals surface area contributed by atoms with Crippen LogP contribution in [-0.2, 0) is 0 Å². The van der Waals surface area contributed by atoms with E-state index in [9.17, 15) is 4.79 Å². The second-order valence-corrected chi connectivity index (χ2v) is 3.23. The number of nitrogens with one attached hydrogen (secondary N) is 1. The predicted molar refractivity (Wildman–Crippen MR) is 67.2 cm³/mol. The van der Waals surface area contributed by atoms with Crippen LogP contribution in [0.5, 0.6) is 5.75 Å². The van der Waals surface area contributed by atoms with Crippen LogP contribution in [0.3, 0.4) is 0 Å². The average Bonchev–Trinajstić information content (AvgIpc) is 2.30. The van der Waals surface area contributed by atoms with Crippen LogP contribution in [0.2, 0.25) is 0 Å². The highest BCUT2D eigenvalue weighted by molar-refractivity contribution is 5.81.